The van der Waals surface area contributed by atoms with Crippen molar-refractivity contribution in [3.63, 3.8) is 0 Å². The van der Waals surface area contributed by atoms with E-state index in [2.05, 4.69) is 4.98 Å². The van der Waals surface area contributed by atoms with Crippen LogP contribution >= 0.6 is 0 Å². The van der Waals surface area contributed by atoms with E-state index in [1.54, 1.807) is 12.1 Å². The summed E-state index contributed by atoms with van der Waals surface area (Å²) in [6.07, 6.45) is 2.40. The Bertz CT molecular complexity index is 502. The summed E-state index contributed by atoms with van der Waals surface area (Å²) in [5.41, 5.74) is -0.369. The van der Waals surface area contributed by atoms with Crippen molar-refractivity contribution in [1.29, 1.82) is 0 Å². The zero-order valence-electron chi connectivity index (χ0n) is 10.3. The lowest BCUT2D eigenvalue weighted by Gasteiger charge is -2.41. The van der Waals surface area contributed by atoms with Gasteiger partial charge in [0.05, 0.1) is 17.7 Å². The maximum absolute atomic E-state index is 12.4. The van der Waals surface area contributed by atoms with Gasteiger partial charge in [0.2, 0.25) is 0 Å². The lowest BCUT2D eigenvalue weighted by Crippen LogP contribution is -2.57. The molecule has 6 heteroatoms. The van der Waals surface area contributed by atoms with E-state index in [0.717, 1.165) is 0 Å². The number of rotatable bonds is 2. The number of hydrogen-bond donors (Lipinski definition) is 1. The number of aromatic nitrogens is 1. The number of carbonyl (C=O) groups is 2. The number of imide groups is 1. The second kappa shape index (κ2) is 4.40. The number of amides is 2. The lowest BCUT2D eigenvalue weighted by atomic mass is 9.89. The first kappa shape index (κ1) is 12.3. The maximum Gasteiger partial charge on any atom is 0.280 e. The molecule has 2 amide bonds. The number of pyridine rings is 1. The smallest absolute Gasteiger partial charge is 0.280 e. The fourth-order valence-electron chi connectivity index (χ4n) is 2.70. The van der Waals surface area contributed by atoms with E-state index < -0.39 is 11.4 Å². The molecule has 0 saturated carbocycles. The molecule has 0 bridgehead atoms. The van der Waals surface area contributed by atoms with Crippen molar-refractivity contribution in [2.75, 3.05) is 19.8 Å². The summed E-state index contributed by atoms with van der Waals surface area (Å²) in [4.78, 5) is 29.9. The highest BCUT2D eigenvalue weighted by Gasteiger charge is 2.50. The van der Waals surface area contributed by atoms with Crippen molar-refractivity contribution < 1.29 is 19.4 Å². The van der Waals surface area contributed by atoms with Crippen molar-refractivity contribution in [3.05, 3.63) is 29.6 Å². The van der Waals surface area contributed by atoms with Crippen LogP contribution < -0.4 is 0 Å². The first-order valence-electron chi connectivity index (χ1n) is 6.22. The molecule has 0 unspecified atom stereocenters. The Morgan fingerprint density at radius 2 is 2.05 bits per heavy atom. The monoisotopic (exact) mass is 262 g/mol. The molecule has 6 nitrogen and oxygen atoms in total. The van der Waals surface area contributed by atoms with Gasteiger partial charge >= 0.3 is 0 Å². The molecule has 0 atom stereocenters. The van der Waals surface area contributed by atoms with Gasteiger partial charge in [0.1, 0.15) is 5.69 Å². The number of fused-ring (bicyclic) bond motifs is 1. The lowest BCUT2D eigenvalue weighted by molar-refractivity contribution is -0.0338. The highest BCUT2D eigenvalue weighted by Crippen LogP contribution is 2.34. The Balaban J connectivity index is 2.03. The average molecular weight is 262 g/mol. The molecule has 0 radical (unpaired) electrons. The van der Waals surface area contributed by atoms with E-state index in [0.29, 0.717) is 31.6 Å². The minimum absolute atomic E-state index is 0.173. The van der Waals surface area contributed by atoms with Crippen molar-refractivity contribution in [2.45, 2.75) is 18.4 Å². The van der Waals surface area contributed by atoms with Gasteiger partial charge in [-0.1, -0.05) is 0 Å². The Hall–Kier alpha value is -1.79. The van der Waals surface area contributed by atoms with Gasteiger partial charge < -0.3 is 9.84 Å². The summed E-state index contributed by atoms with van der Waals surface area (Å²) in [6, 6.07) is 3.22. The molecule has 1 N–H and O–H groups in total. The van der Waals surface area contributed by atoms with E-state index in [1.807, 2.05) is 0 Å². The first-order chi connectivity index (χ1) is 9.19. The molecule has 3 heterocycles. The first-order valence-corrected chi connectivity index (χ1v) is 6.22. The minimum Gasteiger partial charge on any atom is -0.394 e. The summed E-state index contributed by atoms with van der Waals surface area (Å²) in [6.45, 7) is 0.616. The largest absolute Gasteiger partial charge is 0.394 e. The van der Waals surface area contributed by atoms with Gasteiger partial charge in [0, 0.05) is 19.4 Å². The molecule has 0 aromatic carbocycles. The molecule has 0 spiro atoms. The molecular weight excluding hydrogens is 248 g/mol. The van der Waals surface area contributed by atoms with E-state index in [9.17, 15) is 14.7 Å². The van der Waals surface area contributed by atoms with Crippen LogP contribution in [0.5, 0.6) is 0 Å². The maximum atomic E-state index is 12.4. The molecule has 0 aliphatic carbocycles. The van der Waals surface area contributed by atoms with Gasteiger partial charge in [0.25, 0.3) is 11.8 Å². The number of aliphatic hydroxyl groups excluding tert-OH is 1. The Morgan fingerprint density at radius 1 is 1.32 bits per heavy atom. The van der Waals surface area contributed by atoms with Crippen LogP contribution in [-0.4, -0.2) is 52.2 Å². The zero-order chi connectivity index (χ0) is 13.5. The van der Waals surface area contributed by atoms with E-state index in [4.69, 9.17) is 4.74 Å². The van der Waals surface area contributed by atoms with Crippen molar-refractivity contribution >= 4 is 11.8 Å². The van der Waals surface area contributed by atoms with E-state index in [1.165, 1.54) is 11.1 Å². The van der Waals surface area contributed by atoms with Crippen LogP contribution in [0.3, 0.4) is 0 Å². The highest BCUT2D eigenvalue weighted by atomic mass is 16.5. The fraction of sp³-hybridized carbons (Fsp3) is 0.462. The molecule has 1 fully saturated rings. The van der Waals surface area contributed by atoms with Crippen LogP contribution in [0.4, 0.5) is 0 Å². The van der Waals surface area contributed by atoms with Gasteiger partial charge in [-0.2, -0.15) is 0 Å². The third kappa shape index (κ3) is 1.67. The Morgan fingerprint density at radius 3 is 2.68 bits per heavy atom. The average Bonchev–Trinajstić information content (AvgIpc) is 2.73. The summed E-state index contributed by atoms with van der Waals surface area (Å²) >= 11 is 0. The number of aliphatic hydroxyl groups is 1. The molecule has 2 aliphatic heterocycles. The number of nitrogens with zero attached hydrogens (tertiary/aromatic N) is 2. The van der Waals surface area contributed by atoms with Crippen molar-refractivity contribution in [2.24, 2.45) is 0 Å². The number of carbonyl (C=O) groups excluding carboxylic acids is 2. The molecule has 1 saturated heterocycles. The Kier molecular flexibility index (Phi) is 2.83. The predicted octanol–water partition coefficient (Wildman–Crippen LogP) is 0.219. The van der Waals surface area contributed by atoms with E-state index >= 15 is 0 Å². The Labute approximate surface area is 110 Å². The minimum atomic E-state index is -0.854. The third-order valence-electron chi connectivity index (χ3n) is 3.84. The second-order valence-corrected chi connectivity index (χ2v) is 4.84. The van der Waals surface area contributed by atoms with Crippen LogP contribution in [0.15, 0.2) is 18.3 Å². The van der Waals surface area contributed by atoms with Crippen molar-refractivity contribution in [1.82, 2.24) is 9.88 Å². The molecular formula is C13H14N2O4. The topological polar surface area (TPSA) is 79.7 Å². The predicted molar refractivity (Wildman–Crippen MR) is 64.6 cm³/mol. The van der Waals surface area contributed by atoms with Crippen LogP contribution in [0.25, 0.3) is 0 Å². The molecule has 2 aliphatic rings. The van der Waals surface area contributed by atoms with Crippen LogP contribution in [0.1, 0.15) is 33.7 Å². The van der Waals surface area contributed by atoms with Gasteiger partial charge in [-0.3, -0.25) is 19.5 Å². The van der Waals surface area contributed by atoms with Crippen LogP contribution in [0.2, 0.25) is 0 Å². The van der Waals surface area contributed by atoms with E-state index in [-0.39, 0.29) is 18.2 Å². The molecule has 100 valence electrons. The standard InChI is InChI=1S/C13H14N2O4/c16-8-13(3-6-19-7-4-13)15-11(17)9-2-1-5-14-10(9)12(15)18/h1-2,5,16H,3-4,6-8H2. The second-order valence-electron chi connectivity index (χ2n) is 4.84. The third-order valence-corrected chi connectivity index (χ3v) is 3.84. The summed E-state index contributed by atoms with van der Waals surface area (Å²) in [7, 11) is 0. The molecule has 1 aromatic heterocycles. The SMILES string of the molecule is O=C1c2cccnc2C(=O)N1C1(CO)CCOCC1. The molecule has 1 aromatic rings. The van der Waals surface area contributed by atoms with Crippen molar-refractivity contribution in [3.8, 4) is 0 Å². The highest BCUT2D eigenvalue weighted by molar-refractivity contribution is 6.20. The zero-order valence-corrected chi connectivity index (χ0v) is 10.3. The molecule has 3 rings (SSSR count). The normalized spacial score (nSPS) is 21.6. The van der Waals surface area contributed by atoms with Crippen LogP contribution in [-0.2, 0) is 4.74 Å². The fourth-order valence-corrected chi connectivity index (χ4v) is 2.70. The quantitative estimate of drug-likeness (QED) is 0.771. The number of ether oxygens (including phenoxy) is 1. The summed E-state index contributed by atoms with van der Waals surface area (Å²) in [5.74, 6) is -0.791. The molecule has 19 heavy (non-hydrogen) atoms. The summed E-state index contributed by atoms with van der Waals surface area (Å²) < 4.78 is 5.26. The van der Waals surface area contributed by atoms with Gasteiger partial charge in [-0.25, -0.2) is 0 Å². The van der Waals surface area contributed by atoms with Crippen LogP contribution in [0, 0.1) is 0 Å². The van der Waals surface area contributed by atoms with Gasteiger partial charge in [-0.05, 0) is 25.0 Å². The number of hydrogen-bond acceptors (Lipinski definition) is 5. The van der Waals surface area contributed by atoms with Gasteiger partial charge in [-0.15, -0.1) is 0 Å². The summed E-state index contributed by atoms with van der Waals surface area (Å²) in [5, 5.41) is 9.69. The van der Waals surface area contributed by atoms with Gasteiger partial charge in [0.15, 0.2) is 0 Å².